The van der Waals surface area contributed by atoms with Crippen LogP contribution >= 0.6 is 0 Å². The summed E-state index contributed by atoms with van der Waals surface area (Å²) in [5.74, 6) is 1.35. The van der Waals surface area contributed by atoms with Crippen molar-refractivity contribution in [3.05, 3.63) is 42.5 Å². The summed E-state index contributed by atoms with van der Waals surface area (Å²) in [7, 11) is 0. The van der Waals surface area contributed by atoms with Crippen molar-refractivity contribution in [2.75, 3.05) is 26.4 Å². The van der Waals surface area contributed by atoms with E-state index in [0.717, 1.165) is 11.1 Å². The third-order valence-corrected chi connectivity index (χ3v) is 2.84. The number of rotatable bonds is 7. The van der Waals surface area contributed by atoms with E-state index in [0.29, 0.717) is 11.5 Å². The van der Waals surface area contributed by atoms with E-state index < -0.39 is 0 Å². The van der Waals surface area contributed by atoms with Crippen molar-refractivity contribution in [2.24, 2.45) is 0 Å². The van der Waals surface area contributed by atoms with Crippen molar-refractivity contribution < 1.29 is 24.8 Å². The van der Waals surface area contributed by atoms with Gasteiger partial charge in [0, 0.05) is 11.6 Å². The van der Waals surface area contributed by atoms with Gasteiger partial charge in [0.1, 0.15) is 30.5 Å². The first kappa shape index (κ1) is 15.2. The van der Waals surface area contributed by atoms with E-state index in [4.69, 9.17) is 19.7 Å². The topological polar surface area (TPSA) is 79.2 Å². The summed E-state index contributed by atoms with van der Waals surface area (Å²) in [4.78, 5) is 0. The zero-order chi connectivity index (χ0) is 15.1. The summed E-state index contributed by atoms with van der Waals surface area (Å²) in [5.41, 5.74) is 1.72. The molecule has 0 amide bonds. The van der Waals surface area contributed by atoms with Gasteiger partial charge in [0.05, 0.1) is 13.2 Å². The van der Waals surface area contributed by atoms with Gasteiger partial charge in [0.2, 0.25) is 0 Å². The second kappa shape index (κ2) is 7.52. The molecular weight excluding hydrogens is 272 g/mol. The lowest BCUT2D eigenvalue weighted by molar-refractivity contribution is 0.195. The van der Waals surface area contributed by atoms with Crippen molar-refractivity contribution in [3.63, 3.8) is 0 Å². The van der Waals surface area contributed by atoms with Crippen LogP contribution in [0, 0.1) is 0 Å². The summed E-state index contributed by atoms with van der Waals surface area (Å²) >= 11 is 0. The minimum absolute atomic E-state index is 0.0630. The van der Waals surface area contributed by atoms with Gasteiger partial charge in [-0.25, -0.2) is 0 Å². The van der Waals surface area contributed by atoms with Crippen molar-refractivity contribution in [3.8, 4) is 28.4 Å². The zero-order valence-corrected chi connectivity index (χ0v) is 11.5. The fourth-order valence-corrected chi connectivity index (χ4v) is 1.91. The summed E-state index contributed by atoms with van der Waals surface area (Å²) in [6.07, 6.45) is 0. The lowest BCUT2D eigenvalue weighted by Gasteiger charge is -2.13. The first-order chi connectivity index (χ1) is 10.2. The highest BCUT2D eigenvalue weighted by atomic mass is 16.5. The first-order valence-electron chi connectivity index (χ1n) is 6.65. The Balaban J connectivity index is 2.31. The van der Waals surface area contributed by atoms with E-state index in [9.17, 15) is 5.11 Å². The van der Waals surface area contributed by atoms with E-state index >= 15 is 0 Å². The minimum Gasteiger partial charge on any atom is -0.508 e. The van der Waals surface area contributed by atoms with Gasteiger partial charge >= 0.3 is 0 Å². The Morgan fingerprint density at radius 1 is 0.810 bits per heavy atom. The van der Waals surface area contributed by atoms with Crippen LogP contribution in [0.5, 0.6) is 17.2 Å². The average molecular weight is 290 g/mol. The smallest absolute Gasteiger partial charge is 0.130 e. The van der Waals surface area contributed by atoms with Crippen LogP contribution in [-0.4, -0.2) is 41.7 Å². The quantitative estimate of drug-likeness (QED) is 0.724. The summed E-state index contributed by atoms with van der Waals surface area (Å²) in [6.45, 7) is 0.232. The molecule has 112 valence electrons. The van der Waals surface area contributed by atoms with Gasteiger partial charge in [-0.3, -0.25) is 0 Å². The van der Waals surface area contributed by atoms with E-state index in [1.54, 1.807) is 36.4 Å². The highest BCUT2D eigenvalue weighted by molar-refractivity contribution is 5.72. The van der Waals surface area contributed by atoms with Crippen molar-refractivity contribution >= 4 is 0 Å². The van der Waals surface area contributed by atoms with Crippen LogP contribution in [-0.2, 0) is 0 Å². The number of phenols is 1. The SMILES string of the molecule is OCCOc1ccc(-c2ccc(O)cc2)c(OCCO)c1. The van der Waals surface area contributed by atoms with Gasteiger partial charge < -0.3 is 24.8 Å². The molecule has 0 atom stereocenters. The predicted octanol–water partition coefficient (Wildman–Crippen LogP) is 1.80. The third-order valence-electron chi connectivity index (χ3n) is 2.84. The standard InChI is InChI=1S/C16H18O5/c17-7-9-20-14-5-6-15(16(11-14)21-10-8-18)12-1-3-13(19)4-2-12/h1-6,11,17-19H,7-10H2. The molecule has 0 aliphatic carbocycles. The van der Waals surface area contributed by atoms with Crippen molar-refractivity contribution in [2.45, 2.75) is 0 Å². The fraction of sp³-hybridized carbons (Fsp3) is 0.250. The average Bonchev–Trinajstić information content (AvgIpc) is 2.52. The van der Waals surface area contributed by atoms with Gasteiger partial charge in [-0.05, 0) is 29.8 Å². The molecule has 0 radical (unpaired) electrons. The second-order valence-corrected chi connectivity index (χ2v) is 4.35. The monoisotopic (exact) mass is 290 g/mol. The molecule has 21 heavy (non-hydrogen) atoms. The number of aliphatic hydroxyl groups excluding tert-OH is 2. The van der Waals surface area contributed by atoms with E-state index in [1.807, 2.05) is 6.07 Å². The Labute approximate surface area is 123 Å². The highest BCUT2D eigenvalue weighted by Gasteiger charge is 2.09. The number of benzene rings is 2. The maximum Gasteiger partial charge on any atom is 0.130 e. The summed E-state index contributed by atoms with van der Waals surface area (Å²) in [6, 6.07) is 12.1. The molecule has 0 aliphatic rings. The lowest BCUT2D eigenvalue weighted by Crippen LogP contribution is -2.05. The summed E-state index contributed by atoms with van der Waals surface area (Å²) in [5, 5.41) is 27.0. The number of ether oxygens (including phenoxy) is 2. The van der Waals surface area contributed by atoms with E-state index in [1.165, 1.54) is 0 Å². The highest BCUT2D eigenvalue weighted by Crippen LogP contribution is 2.34. The molecule has 0 aliphatic heterocycles. The van der Waals surface area contributed by atoms with Gasteiger partial charge in [-0.1, -0.05) is 12.1 Å². The van der Waals surface area contributed by atoms with Gasteiger partial charge in [0.15, 0.2) is 0 Å². The van der Waals surface area contributed by atoms with E-state index in [-0.39, 0.29) is 32.2 Å². The lowest BCUT2D eigenvalue weighted by atomic mass is 10.0. The molecule has 0 spiro atoms. The summed E-state index contributed by atoms with van der Waals surface area (Å²) < 4.78 is 10.9. The third kappa shape index (κ3) is 4.11. The van der Waals surface area contributed by atoms with Crippen LogP contribution in [0.25, 0.3) is 11.1 Å². The van der Waals surface area contributed by atoms with E-state index in [2.05, 4.69) is 0 Å². The van der Waals surface area contributed by atoms with Gasteiger partial charge in [-0.15, -0.1) is 0 Å². The first-order valence-corrected chi connectivity index (χ1v) is 6.65. The molecule has 0 saturated carbocycles. The Morgan fingerprint density at radius 2 is 1.48 bits per heavy atom. The molecule has 0 aromatic heterocycles. The minimum atomic E-state index is -0.0866. The number of aliphatic hydroxyl groups is 2. The molecule has 5 nitrogen and oxygen atoms in total. The van der Waals surface area contributed by atoms with Crippen LogP contribution in [0.3, 0.4) is 0 Å². The molecule has 0 saturated heterocycles. The predicted molar refractivity (Wildman–Crippen MR) is 78.7 cm³/mol. The fourth-order valence-electron chi connectivity index (χ4n) is 1.91. The van der Waals surface area contributed by atoms with Gasteiger partial charge in [-0.2, -0.15) is 0 Å². The maximum absolute atomic E-state index is 9.35. The number of hydrogen-bond donors (Lipinski definition) is 3. The molecule has 0 unspecified atom stereocenters. The molecule has 0 fully saturated rings. The van der Waals surface area contributed by atoms with Crippen LogP contribution in [0.1, 0.15) is 0 Å². The van der Waals surface area contributed by atoms with Crippen LogP contribution < -0.4 is 9.47 Å². The van der Waals surface area contributed by atoms with Gasteiger partial charge in [0.25, 0.3) is 0 Å². The molecule has 2 aromatic rings. The number of phenolic OH excluding ortho intramolecular Hbond substituents is 1. The second-order valence-electron chi connectivity index (χ2n) is 4.35. The Kier molecular flexibility index (Phi) is 5.43. The Bertz CT molecular complexity index is 565. The number of aromatic hydroxyl groups is 1. The molecule has 3 N–H and O–H groups in total. The van der Waals surface area contributed by atoms with Crippen molar-refractivity contribution in [1.29, 1.82) is 0 Å². The zero-order valence-electron chi connectivity index (χ0n) is 11.5. The molecular formula is C16H18O5. The van der Waals surface area contributed by atoms with Crippen LogP contribution in [0.4, 0.5) is 0 Å². The maximum atomic E-state index is 9.35. The molecule has 2 aromatic carbocycles. The number of hydrogen-bond acceptors (Lipinski definition) is 5. The normalized spacial score (nSPS) is 10.4. The Morgan fingerprint density at radius 3 is 2.14 bits per heavy atom. The van der Waals surface area contributed by atoms with Crippen molar-refractivity contribution in [1.82, 2.24) is 0 Å². The largest absolute Gasteiger partial charge is 0.508 e. The molecule has 0 heterocycles. The Hall–Kier alpha value is -2.24. The molecule has 0 bridgehead atoms. The van der Waals surface area contributed by atoms with Crippen LogP contribution in [0.15, 0.2) is 42.5 Å². The molecule has 2 rings (SSSR count). The van der Waals surface area contributed by atoms with Crippen LogP contribution in [0.2, 0.25) is 0 Å². The molecule has 5 heteroatoms.